The molecule has 0 spiro atoms. The van der Waals surface area contributed by atoms with Gasteiger partial charge in [-0.2, -0.15) is 0 Å². The molecule has 0 aliphatic carbocycles. The number of alkyl halides is 2. The summed E-state index contributed by atoms with van der Waals surface area (Å²) in [5.41, 5.74) is 0. The quantitative estimate of drug-likeness (QED) is 0.129. The number of rotatable bonds is 11. The molecule has 0 amide bonds. The second-order valence-corrected chi connectivity index (χ2v) is 23.2. The van der Waals surface area contributed by atoms with E-state index in [4.69, 9.17) is 32.1 Å². The number of unbranched alkanes of at least 4 members (excludes halogenated alkanes) is 1. The van der Waals surface area contributed by atoms with E-state index in [1.807, 2.05) is 12.1 Å². The fourth-order valence-corrected chi connectivity index (χ4v) is 10.1. The third-order valence-corrected chi connectivity index (χ3v) is 17.9. The van der Waals surface area contributed by atoms with Gasteiger partial charge in [0.1, 0.15) is 6.10 Å². The third-order valence-electron chi connectivity index (χ3n) is 7.59. The van der Waals surface area contributed by atoms with E-state index < -0.39 is 27.1 Å². The molecule has 0 aliphatic rings. The van der Waals surface area contributed by atoms with Crippen LogP contribution in [-0.4, -0.2) is 45.4 Å². The molecule has 2 aromatic carbocycles. The van der Waals surface area contributed by atoms with Crippen LogP contribution in [-0.2, 0) is 8.85 Å². The van der Waals surface area contributed by atoms with E-state index in [9.17, 15) is 5.11 Å². The van der Waals surface area contributed by atoms with Gasteiger partial charge in [-0.05, 0) is 52.8 Å². The maximum Gasteiger partial charge on any atom is 0.261 e. The Morgan fingerprint density at radius 2 is 1.29 bits per heavy atom. The Hall–Kier alpha value is -1.11. The molecular weight excluding hydrogens is 547 g/mol. The van der Waals surface area contributed by atoms with Gasteiger partial charge in [-0.1, -0.05) is 137 Å². The van der Waals surface area contributed by atoms with Gasteiger partial charge >= 0.3 is 0 Å². The lowest BCUT2D eigenvalue weighted by atomic mass is 10.1. The molecule has 2 rings (SSSR count). The summed E-state index contributed by atoms with van der Waals surface area (Å²) in [7, 11) is -4.46. The van der Waals surface area contributed by atoms with Crippen LogP contribution in [0.15, 0.2) is 60.7 Å². The minimum absolute atomic E-state index is 0.0727. The highest BCUT2D eigenvalue weighted by molar-refractivity contribution is 6.99. The SMILES string of the molecule is CC(C)(C)[Si](C)(C)OCC#C[C@@H](O)C(Cl)(Cl)CCCCO[Si](c1ccccc1)(c1ccccc1)C(C)(C)C. The molecular formula is C31H46Cl2O3Si2. The van der Waals surface area contributed by atoms with Crippen LogP contribution in [0.2, 0.25) is 23.2 Å². The van der Waals surface area contributed by atoms with Crippen molar-refractivity contribution in [3.05, 3.63) is 60.7 Å². The minimum atomic E-state index is -2.57. The smallest absolute Gasteiger partial charge is 0.261 e. The molecule has 3 nitrogen and oxygen atoms in total. The number of benzene rings is 2. The van der Waals surface area contributed by atoms with Crippen LogP contribution in [0.5, 0.6) is 0 Å². The summed E-state index contributed by atoms with van der Waals surface area (Å²) >= 11 is 13.0. The summed E-state index contributed by atoms with van der Waals surface area (Å²) in [6, 6.07) is 21.2. The summed E-state index contributed by atoms with van der Waals surface area (Å²) < 4.78 is 11.6. The molecule has 0 radical (unpaired) electrons. The molecule has 0 fully saturated rings. The Morgan fingerprint density at radius 1 is 0.789 bits per heavy atom. The van der Waals surface area contributed by atoms with Gasteiger partial charge in [0.25, 0.3) is 8.32 Å². The Balaban J connectivity index is 2.02. The van der Waals surface area contributed by atoms with Gasteiger partial charge < -0.3 is 14.0 Å². The van der Waals surface area contributed by atoms with Crippen molar-refractivity contribution < 1.29 is 14.0 Å². The highest BCUT2D eigenvalue weighted by atomic mass is 35.5. The molecule has 0 aliphatic heterocycles. The summed E-state index contributed by atoms with van der Waals surface area (Å²) in [4.78, 5) is 0. The van der Waals surface area contributed by atoms with Crippen LogP contribution in [0.4, 0.5) is 0 Å². The molecule has 1 atom stereocenters. The van der Waals surface area contributed by atoms with Crippen molar-refractivity contribution >= 4 is 50.2 Å². The maximum atomic E-state index is 10.5. The van der Waals surface area contributed by atoms with Crippen molar-refractivity contribution in [1.82, 2.24) is 0 Å². The van der Waals surface area contributed by atoms with Gasteiger partial charge in [0.2, 0.25) is 0 Å². The van der Waals surface area contributed by atoms with Gasteiger partial charge in [0.05, 0.1) is 6.61 Å². The second-order valence-electron chi connectivity index (χ2n) is 12.5. The topological polar surface area (TPSA) is 38.7 Å². The van der Waals surface area contributed by atoms with E-state index in [-0.39, 0.29) is 16.7 Å². The summed E-state index contributed by atoms with van der Waals surface area (Å²) in [5, 5.41) is 13.1. The van der Waals surface area contributed by atoms with Crippen LogP contribution in [0.3, 0.4) is 0 Å². The van der Waals surface area contributed by atoms with E-state index >= 15 is 0 Å². The normalized spacial score (nSPS) is 14.1. The molecule has 1 N–H and O–H groups in total. The van der Waals surface area contributed by atoms with Crippen molar-refractivity contribution in [1.29, 1.82) is 0 Å². The van der Waals surface area contributed by atoms with Crippen molar-refractivity contribution in [2.24, 2.45) is 0 Å². The molecule has 7 heteroatoms. The van der Waals surface area contributed by atoms with Gasteiger partial charge in [-0.3, -0.25) is 0 Å². The van der Waals surface area contributed by atoms with Crippen LogP contribution in [0.25, 0.3) is 0 Å². The first-order chi connectivity index (χ1) is 17.5. The van der Waals surface area contributed by atoms with Crippen LogP contribution in [0.1, 0.15) is 60.8 Å². The second kappa shape index (κ2) is 13.5. The lowest BCUT2D eigenvalue weighted by Crippen LogP contribution is -2.66. The van der Waals surface area contributed by atoms with Gasteiger partial charge in [-0.25, -0.2) is 0 Å². The Bertz CT molecular complexity index is 1010. The van der Waals surface area contributed by atoms with Crippen molar-refractivity contribution in [3.63, 3.8) is 0 Å². The number of halogens is 2. The van der Waals surface area contributed by atoms with E-state index in [1.165, 1.54) is 10.4 Å². The number of hydrogen-bond donors (Lipinski definition) is 1. The van der Waals surface area contributed by atoms with Gasteiger partial charge in [-0.15, -0.1) is 0 Å². The highest BCUT2D eigenvalue weighted by Crippen LogP contribution is 2.38. The number of aliphatic hydroxyl groups is 1. The molecule has 0 unspecified atom stereocenters. The Morgan fingerprint density at radius 3 is 1.74 bits per heavy atom. The molecule has 2 aromatic rings. The lowest BCUT2D eigenvalue weighted by molar-refractivity contribution is 0.203. The zero-order valence-electron chi connectivity index (χ0n) is 24.4. The van der Waals surface area contributed by atoms with Crippen molar-refractivity contribution in [2.75, 3.05) is 13.2 Å². The van der Waals surface area contributed by atoms with Crippen LogP contribution in [0, 0.1) is 11.8 Å². The highest BCUT2D eigenvalue weighted by Gasteiger charge is 2.50. The average molecular weight is 594 g/mol. The van der Waals surface area contributed by atoms with Crippen LogP contribution >= 0.6 is 23.2 Å². The molecule has 0 aromatic heterocycles. The number of hydrogen-bond acceptors (Lipinski definition) is 3. The summed E-state index contributed by atoms with van der Waals surface area (Å²) in [6.45, 7) is 18.6. The minimum Gasteiger partial charge on any atom is -0.407 e. The predicted molar refractivity (Wildman–Crippen MR) is 169 cm³/mol. The zero-order chi connectivity index (χ0) is 28.7. The largest absolute Gasteiger partial charge is 0.407 e. The van der Waals surface area contributed by atoms with Crippen LogP contribution < -0.4 is 10.4 Å². The van der Waals surface area contributed by atoms with E-state index in [0.29, 0.717) is 19.4 Å². The lowest BCUT2D eigenvalue weighted by Gasteiger charge is -2.43. The first-order valence-electron chi connectivity index (χ1n) is 13.5. The standard InChI is InChI=1S/C31H46Cl2O3Si2/c1-29(2,3)37(7,8)35-25-17-22-28(34)31(32,33)23-15-16-24-36-38(30(4,5)6,26-18-11-9-12-19-26)27-20-13-10-14-21-27/h9-14,18-21,28,34H,15-16,23-25H2,1-8H3/t28-/m1/s1. The summed E-state index contributed by atoms with van der Waals surface area (Å²) in [5.74, 6) is 5.71. The van der Waals surface area contributed by atoms with E-state index in [2.05, 4.69) is 115 Å². The molecule has 0 heterocycles. The molecule has 0 bridgehead atoms. The number of aliphatic hydroxyl groups excluding tert-OH is 1. The third kappa shape index (κ3) is 8.45. The zero-order valence-corrected chi connectivity index (χ0v) is 27.9. The van der Waals surface area contributed by atoms with Crippen molar-refractivity contribution in [3.8, 4) is 11.8 Å². The predicted octanol–water partition coefficient (Wildman–Crippen LogP) is 7.29. The maximum absolute atomic E-state index is 10.5. The first-order valence-corrected chi connectivity index (χ1v) is 19.1. The summed E-state index contributed by atoms with van der Waals surface area (Å²) in [6.07, 6.45) is 0.760. The van der Waals surface area contributed by atoms with E-state index in [0.717, 1.165) is 6.42 Å². The van der Waals surface area contributed by atoms with Gasteiger partial charge in [0, 0.05) is 6.61 Å². The van der Waals surface area contributed by atoms with E-state index in [1.54, 1.807) is 0 Å². The Labute approximate surface area is 243 Å². The monoisotopic (exact) mass is 592 g/mol. The molecule has 210 valence electrons. The fraction of sp³-hybridized carbons (Fsp3) is 0.548. The average Bonchev–Trinajstić information content (AvgIpc) is 2.83. The molecule has 0 saturated carbocycles. The molecule has 0 saturated heterocycles. The first kappa shape index (κ1) is 33.1. The fourth-order valence-electron chi connectivity index (χ4n) is 4.26. The van der Waals surface area contributed by atoms with Crippen molar-refractivity contribution in [2.45, 2.75) is 94.4 Å². The van der Waals surface area contributed by atoms with Gasteiger partial charge in [0.15, 0.2) is 12.7 Å². The Kier molecular flexibility index (Phi) is 11.8. The molecule has 38 heavy (non-hydrogen) atoms.